The van der Waals surface area contributed by atoms with Crippen LogP contribution in [0.4, 0.5) is 8.78 Å². The fourth-order valence-corrected chi connectivity index (χ4v) is 1.69. The minimum absolute atomic E-state index is 0.0392. The highest BCUT2D eigenvalue weighted by molar-refractivity contribution is 5.79. The molecule has 6 heteroatoms. The van der Waals surface area contributed by atoms with Crippen molar-refractivity contribution in [3.63, 3.8) is 0 Å². The van der Waals surface area contributed by atoms with Crippen LogP contribution in [0.5, 0.6) is 0 Å². The molecule has 1 saturated carbocycles. The fourth-order valence-electron chi connectivity index (χ4n) is 1.69. The summed E-state index contributed by atoms with van der Waals surface area (Å²) >= 11 is 0. The quantitative estimate of drug-likeness (QED) is 0.760. The summed E-state index contributed by atoms with van der Waals surface area (Å²) in [5, 5.41) is 6.84. The molecular weight excluding hydrogens is 206 g/mol. The van der Waals surface area contributed by atoms with Gasteiger partial charge in [-0.3, -0.25) is 4.79 Å². The predicted molar refractivity (Wildman–Crippen MR) is 45.5 cm³/mol. The van der Waals surface area contributed by atoms with Crippen molar-refractivity contribution < 1.29 is 18.0 Å². The second kappa shape index (κ2) is 4.04. The lowest BCUT2D eigenvalue weighted by molar-refractivity contribution is -0.120. The Morgan fingerprint density at radius 2 is 1.93 bits per heavy atom. The summed E-state index contributed by atoms with van der Waals surface area (Å²) in [6, 6.07) is 0. The average Bonchev–Trinajstić information content (AvgIpc) is 2.68. The molecule has 1 fully saturated rings. The standard InChI is InChI=1S/C9H10F2N2O2/c10-7(11)9-13-12-8(15-9)5-1-3-6(14)4-2-5/h5,7H,1-4H2. The molecule has 0 N–H and O–H groups in total. The first-order chi connectivity index (χ1) is 7.16. The number of Topliss-reactive ketones (excluding diaryl/α,β-unsaturated/α-hetero) is 1. The molecule has 0 unspecified atom stereocenters. The summed E-state index contributed by atoms with van der Waals surface area (Å²) in [7, 11) is 0. The van der Waals surface area contributed by atoms with Gasteiger partial charge in [-0.1, -0.05) is 0 Å². The van der Waals surface area contributed by atoms with E-state index in [9.17, 15) is 13.6 Å². The molecule has 0 radical (unpaired) electrons. The number of hydrogen-bond acceptors (Lipinski definition) is 4. The number of ketones is 1. The highest BCUT2D eigenvalue weighted by Crippen LogP contribution is 2.31. The molecule has 1 aromatic rings. The van der Waals surface area contributed by atoms with Gasteiger partial charge in [0.2, 0.25) is 5.89 Å². The summed E-state index contributed by atoms with van der Waals surface area (Å²) < 4.78 is 29.2. The van der Waals surface area contributed by atoms with Crippen molar-refractivity contribution in [3.05, 3.63) is 11.8 Å². The van der Waals surface area contributed by atoms with E-state index in [-0.39, 0.29) is 17.6 Å². The van der Waals surface area contributed by atoms with E-state index < -0.39 is 12.3 Å². The summed E-state index contributed by atoms with van der Waals surface area (Å²) in [6.45, 7) is 0. The summed E-state index contributed by atoms with van der Waals surface area (Å²) in [4.78, 5) is 11.0. The number of nitrogens with zero attached hydrogens (tertiary/aromatic N) is 2. The van der Waals surface area contributed by atoms with Crippen LogP contribution >= 0.6 is 0 Å². The third kappa shape index (κ3) is 2.19. The zero-order chi connectivity index (χ0) is 10.8. The topological polar surface area (TPSA) is 56.0 Å². The Hall–Kier alpha value is -1.33. The monoisotopic (exact) mass is 216 g/mol. The molecule has 1 aromatic heterocycles. The summed E-state index contributed by atoms with van der Waals surface area (Å²) in [5.41, 5.74) is 0. The van der Waals surface area contributed by atoms with Gasteiger partial charge < -0.3 is 4.42 Å². The average molecular weight is 216 g/mol. The van der Waals surface area contributed by atoms with E-state index in [1.165, 1.54) is 0 Å². The smallest absolute Gasteiger partial charge is 0.314 e. The van der Waals surface area contributed by atoms with Gasteiger partial charge in [0, 0.05) is 18.8 Å². The van der Waals surface area contributed by atoms with Crippen molar-refractivity contribution >= 4 is 5.78 Å². The molecular formula is C9H10F2N2O2. The number of hydrogen-bond donors (Lipinski definition) is 0. The molecule has 2 rings (SSSR count). The number of rotatable bonds is 2. The van der Waals surface area contributed by atoms with Crippen LogP contribution in [-0.4, -0.2) is 16.0 Å². The van der Waals surface area contributed by atoms with Crippen LogP contribution in [0, 0.1) is 0 Å². The first-order valence-corrected chi connectivity index (χ1v) is 4.80. The maximum atomic E-state index is 12.2. The molecule has 0 spiro atoms. The van der Waals surface area contributed by atoms with E-state index in [1.807, 2.05) is 0 Å². The van der Waals surface area contributed by atoms with Crippen molar-refractivity contribution in [1.29, 1.82) is 0 Å². The molecule has 1 aliphatic carbocycles. The van der Waals surface area contributed by atoms with Gasteiger partial charge in [0.1, 0.15) is 5.78 Å². The van der Waals surface area contributed by atoms with Crippen LogP contribution in [0.15, 0.2) is 4.42 Å². The lowest BCUT2D eigenvalue weighted by atomic mass is 9.88. The third-order valence-electron chi connectivity index (χ3n) is 2.54. The minimum Gasteiger partial charge on any atom is -0.419 e. The van der Waals surface area contributed by atoms with Crippen molar-refractivity contribution in [1.82, 2.24) is 10.2 Å². The molecule has 0 aromatic carbocycles. The Kier molecular flexibility index (Phi) is 2.75. The van der Waals surface area contributed by atoms with Crippen LogP contribution in [0.25, 0.3) is 0 Å². The second-order valence-corrected chi connectivity index (χ2v) is 3.59. The number of aromatic nitrogens is 2. The van der Waals surface area contributed by atoms with Gasteiger partial charge in [0.15, 0.2) is 0 Å². The van der Waals surface area contributed by atoms with E-state index in [2.05, 4.69) is 10.2 Å². The van der Waals surface area contributed by atoms with Gasteiger partial charge in [-0.2, -0.15) is 8.78 Å². The lowest BCUT2D eigenvalue weighted by Gasteiger charge is -2.16. The van der Waals surface area contributed by atoms with Crippen LogP contribution in [0.1, 0.15) is 49.8 Å². The first-order valence-electron chi connectivity index (χ1n) is 4.80. The highest BCUT2D eigenvalue weighted by Gasteiger charge is 2.26. The Labute approximate surface area is 84.7 Å². The molecule has 4 nitrogen and oxygen atoms in total. The van der Waals surface area contributed by atoms with Gasteiger partial charge in [-0.05, 0) is 12.8 Å². The number of halogens is 2. The highest BCUT2D eigenvalue weighted by atomic mass is 19.3. The van der Waals surface area contributed by atoms with Crippen LogP contribution in [-0.2, 0) is 4.79 Å². The Morgan fingerprint density at radius 1 is 1.27 bits per heavy atom. The van der Waals surface area contributed by atoms with Gasteiger partial charge >= 0.3 is 6.43 Å². The minimum atomic E-state index is -2.73. The van der Waals surface area contributed by atoms with Crippen LogP contribution in [0.3, 0.4) is 0 Å². The SMILES string of the molecule is O=C1CCC(c2nnc(C(F)F)o2)CC1. The summed E-state index contributed by atoms with van der Waals surface area (Å²) in [6.07, 6.45) is -0.557. The fraction of sp³-hybridized carbons (Fsp3) is 0.667. The summed E-state index contributed by atoms with van der Waals surface area (Å²) in [5.74, 6) is -0.234. The van der Waals surface area contributed by atoms with Gasteiger partial charge in [-0.15, -0.1) is 10.2 Å². The number of carbonyl (C=O) groups is 1. The Morgan fingerprint density at radius 3 is 2.47 bits per heavy atom. The Bertz CT molecular complexity index is 355. The van der Waals surface area contributed by atoms with Crippen molar-refractivity contribution in [3.8, 4) is 0 Å². The number of carbonyl (C=O) groups excluding carboxylic acids is 1. The molecule has 0 aliphatic heterocycles. The van der Waals surface area contributed by atoms with Crippen molar-refractivity contribution in [2.45, 2.75) is 38.0 Å². The molecule has 0 amide bonds. The normalized spacial score (nSPS) is 18.7. The van der Waals surface area contributed by atoms with Gasteiger partial charge in [-0.25, -0.2) is 0 Å². The molecule has 0 saturated heterocycles. The molecule has 0 atom stereocenters. The van der Waals surface area contributed by atoms with Crippen LogP contribution in [0.2, 0.25) is 0 Å². The van der Waals surface area contributed by atoms with E-state index in [0.717, 1.165) is 0 Å². The largest absolute Gasteiger partial charge is 0.419 e. The molecule has 0 bridgehead atoms. The first kappa shape index (κ1) is 10.2. The number of alkyl halides is 2. The lowest BCUT2D eigenvalue weighted by Crippen LogP contribution is -2.12. The van der Waals surface area contributed by atoms with Crippen molar-refractivity contribution in [2.75, 3.05) is 0 Å². The van der Waals surface area contributed by atoms with E-state index >= 15 is 0 Å². The zero-order valence-corrected chi connectivity index (χ0v) is 7.95. The predicted octanol–water partition coefficient (Wildman–Crippen LogP) is 2.23. The molecule has 1 aliphatic rings. The van der Waals surface area contributed by atoms with Gasteiger partial charge in [0.25, 0.3) is 5.89 Å². The van der Waals surface area contributed by atoms with Gasteiger partial charge in [0.05, 0.1) is 0 Å². The third-order valence-corrected chi connectivity index (χ3v) is 2.54. The van der Waals surface area contributed by atoms with E-state index in [4.69, 9.17) is 4.42 Å². The van der Waals surface area contributed by atoms with E-state index in [1.54, 1.807) is 0 Å². The maximum Gasteiger partial charge on any atom is 0.314 e. The second-order valence-electron chi connectivity index (χ2n) is 3.59. The molecule has 82 valence electrons. The van der Waals surface area contributed by atoms with Crippen LogP contribution < -0.4 is 0 Å². The molecule has 1 heterocycles. The van der Waals surface area contributed by atoms with Crippen molar-refractivity contribution in [2.24, 2.45) is 0 Å². The van der Waals surface area contributed by atoms with E-state index in [0.29, 0.717) is 25.7 Å². The Balaban J connectivity index is 2.06. The maximum absolute atomic E-state index is 12.2. The zero-order valence-electron chi connectivity index (χ0n) is 7.95. The molecule has 15 heavy (non-hydrogen) atoms.